The molecule has 0 amide bonds. The van der Waals surface area contributed by atoms with Crippen molar-refractivity contribution in [1.29, 1.82) is 0 Å². The average Bonchev–Trinajstić information content (AvgIpc) is 3.06. The van der Waals surface area contributed by atoms with Crippen molar-refractivity contribution in [3.05, 3.63) is 48.0 Å². The number of ketones is 1. The Morgan fingerprint density at radius 1 is 1.12 bits per heavy atom. The van der Waals surface area contributed by atoms with Crippen LogP contribution in [0.2, 0.25) is 6.32 Å². The molecule has 1 saturated carbocycles. The van der Waals surface area contributed by atoms with E-state index < -0.39 is 0 Å². The molecule has 4 nitrogen and oxygen atoms in total. The molecule has 2 aliphatic rings. The maximum atomic E-state index is 11.1. The molecule has 1 N–H and O–H groups in total. The van der Waals surface area contributed by atoms with Gasteiger partial charge in [0.05, 0.1) is 6.10 Å². The number of hydrogen-bond acceptors (Lipinski definition) is 4. The molecule has 2 fully saturated rings. The van der Waals surface area contributed by atoms with Crippen molar-refractivity contribution in [2.75, 3.05) is 0 Å². The van der Waals surface area contributed by atoms with Gasteiger partial charge in [-0.2, -0.15) is 0 Å². The van der Waals surface area contributed by atoms with Gasteiger partial charge in [0.1, 0.15) is 5.78 Å². The van der Waals surface area contributed by atoms with Gasteiger partial charge in [0, 0.05) is 18.6 Å². The lowest BCUT2D eigenvalue weighted by Crippen LogP contribution is -2.37. The number of allylic oxidation sites excluding steroid dienone is 2. The summed E-state index contributed by atoms with van der Waals surface area (Å²) in [5.41, 5.74) is 1.29. The maximum absolute atomic E-state index is 11.1. The minimum absolute atomic E-state index is 0.0660. The first-order valence-corrected chi connectivity index (χ1v) is 13.2. The van der Waals surface area contributed by atoms with Crippen LogP contribution in [0.5, 0.6) is 0 Å². The number of carbonyl (C=O) groups excluding carboxylic acids is 1. The second-order valence-corrected chi connectivity index (χ2v) is 10.0. The van der Waals surface area contributed by atoms with Gasteiger partial charge in [-0.15, -0.1) is 0 Å². The molecule has 182 valence electrons. The van der Waals surface area contributed by atoms with Gasteiger partial charge in [-0.1, -0.05) is 62.2 Å². The lowest BCUT2D eigenvalue weighted by atomic mass is 9.80. The van der Waals surface area contributed by atoms with E-state index >= 15 is 0 Å². The fourth-order valence-electron chi connectivity index (χ4n) is 5.45. The van der Waals surface area contributed by atoms with Crippen molar-refractivity contribution in [1.82, 2.24) is 0 Å². The van der Waals surface area contributed by atoms with Crippen molar-refractivity contribution in [3.63, 3.8) is 0 Å². The molecule has 33 heavy (non-hydrogen) atoms. The number of aryl methyl sites for hydroxylation is 1. The number of unbranched alkanes of at least 4 members (excludes halogenated alkanes) is 2. The number of benzene rings is 1. The third-order valence-electron chi connectivity index (χ3n) is 7.33. The molecule has 1 heterocycles. The van der Waals surface area contributed by atoms with Crippen molar-refractivity contribution in [3.8, 4) is 0 Å². The molecule has 3 rings (SSSR count). The standard InChI is InChI=1S/C28H43BO4/c1-3-4-20-29-32-27-21-28(33-29)26(25(27)15-11-6-5-8-12-22(2)30)19-18-24(31)17-16-23-13-9-7-10-14-23/h6-7,9-11,13-14,24-28,31H,3-5,8,12,15-21H2,1-2H3/b11-6-/t24-,25+,26+,27-,28+/m0/s1. The van der Waals surface area contributed by atoms with Gasteiger partial charge in [-0.3, -0.25) is 0 Å². The lowest BCUT2D eigenvalue weighted by Gasteiger charge is -2.28. The summed E-state index contributed by atoms with van der Waals surface area (Å²) in [5, 5.41) is 10.7. The number of carbonyl (C=O) groups is 1. The Morgan fingerprint density at radius 2 is 1.88 bits per heavy atom. The number of Topliss-reactive ketones (excluding diaryl/α,β-unsaturated/α-hetero) is 1. The van der Waals surface area contributed by atoms with E-state index in [9.17, 15) is 9.90 Å². The third kappa shape index (κ3) is 8.70. The first kappa shape index (κ1) is 26.2. The number of hydrogen-bond donors (Lipinski definition) is 1. The molecule has 1 aliphatic heterocycles. The van der Waals surface area contributed by atoms with E-state index in [0.29, 0.717) is 18.3 Å². The molecule has 1 saturated heterocycles. The first-order chi connectivity index (χ1) is 16.1. The van der Waals surface area contributed by atoms with E-state index in [4.69, 9.17) is 9.31 Å². The summed E-state index contributed by atoms with van der Waals surface area (Å²) in [7, 11) is -0.0660. The molecule has 1 aromatic rings. The molecule has 1 aliphatic carbocycles. The van der Waals surface area contributed by atoms with Gasteiger partial charge in [0.15, 0.2) is 0 Å². The highest BCUT2D eigenvalue weighted by atomic mass is 16.6. The fourth-order valence-corrected chi connectivity index (χ4v) is 5.45. The molecule has 0 aromatic heterocycles. The smallest absolute Gasteiger partial charge is 0.408 e. The summed E-state index contributed by atoms with van der Waals surface area (Å²) in [6, 6.07) is 10.4. The van der Waals surface area contributed by atoms with Gasteiger partial charge >= 0.3 is 7.12 Å². The van der Waals surface area contributed by atoms with Gasteiger partial charge in [0.25, 0.3) is 0 Å². The predicted molar refractivity (Wildman–Crippen MR) is 135 cm³/mol. The van der Waals surface area contributed by atoms with E-state index in [1.807, 2.05) is 6.07 Å². The van der Waals surface area contributed by atoms with Gasteiger partial charge in [0.2, 0.25) is 0 Å². The van der Waals surface area contributed by atoms with Crippen LogP contribution < -0.4 is 0 Å². The van der Waals surface area contributed by atoms with Crippen LogP contribution in [0.1, 0.15) is 83.6 Å². The summed E-state index contributed by atoms with van der Waals surface area (Å²) in [6.45, 7) is 3.87. The Morgan fingerprint density at radius 3 is 2.61 bits per heavy atom. The van der Waals surface area contributed by atoms with Crippen LogP contribution >= 0.6 is 0 Å². The molecule has 5 heteroatoms. The summed E-state index contributed by atoms with van der Waals surface area (Å²) in [6.07, 6.45) is 16.1. The second-order valence-electron chi connectivity index (χ2n) is 10.0. The Labute approximate surface area is 201 Å². The highest BCUT2D eigenvalue weighted by molar-refractivity contribution is 6.44. The maximum Gasteiger partial charge on any atom is 0.457 e. The summed E-state index contributed by atoms with van der Waals surface area (Å²) in [4.78, 5) is 11.1. The van der Waals surface area contributed by atoms with Crippen LogP contribution in [0.3, 0.4) is 0 Å². The van der Waals surface area contributed by atoms with Gasteiger partial charge < -0.3 is 19.2 Å². The molecule has 0 spiro atoms. The van der Waals surface area contributed by atoms with Crippen LogP contribution in [0.15, 0.2) is 42.5 Å². The topological polar surface area (TPSA) is 55.8 Å². The Balaban J connectivity index is 1.52. The monoisotopic (exact) mass is 454 g/mol. The van der Waals surface area contributed by atoms with E-state index in [-0.39, 0.29) is 31.2 Å². The summed E-state index contributed by atoms with van der Waals surface area (Å²) >= 11 is 0. The highest BCUT2D eigenvalue weighted by Gasteiger charge is 2.49. The second kappa shape index (κ2) is 14.1. The number of rotatable bonds is 15. The number of fused-ring (bicyclic) bond motifs is 2. The molecule has 5 atom stereocenters. The predicted octanol–water partition coefficient (Wildman–Crippen LogP) is 6.17. The minimum atomic E-state index is -0.273. The van der Waals surface area contributed by atoms with Crippen LogP contribution in [0.4, 0.5) is 0 Å². The molecule has 0 unspecified atom stereocenters. The molecule has 0 radical (unpaired) electrons. The average molecular weight is 454 g/mol. The third-order valence-corrected chi connectivity index (χ3v) is 7.33. The Bertz CT molecular complexity index is 722. The van der Waals surface area contributed by atoms with Crippen LogP contribution in [0, 0.1) is 11.8 Å². The van der Waals surface area contributed by atoms with Gasteiger partial charge in [-0.05, 0) is 82.0 Å². The zero-order valence-electron chi connectivity index (χ0n) is 20.7. The Hall–Kier alpha value is -1.43. The number of aliphatic hydroxyl groups is 1. The van der Waals surface area contributed by atoms with Crippen LogP contribution in [0.25, 0.3) is 0 Å². The van der Waals surface area contributed by atoms with Crippen molar-refractivity contribution >= 4 is 12.9 Å². The van der Waals surface area contributed by atoms with E-state index in [1.165, 1.54) is 5.56 Å². The largest absolute Gasteiger partial charge is 0.457 e. The summed E-state index contributed by atoms with van der Waals surface area (Å²) < 4.78 is 12.8. The van der Waals surface area contributed by atoms with Crippen LogP contribution in [-0.4, -0.2) is 36.3 Å². The minimum Gasteiger partial charge on any atom is -0.408 e. The van der Waals surface area contributed by atoms with E-state index in [2.05, 4.69) is 43.3 Å². The van der Waals surface area contributed by atoms with Crippen molar-refractivity contribution in [2.24, 2.45) is 11.8 Å². The summed E-state index contributed by atoms with van der Waals surface area (Å²) in [5.74, 6) is 1.16. The van der Waals surface area contributed by atoms with Crippen molar-refractivity contribution < 1.29 is 19.2 Å². The number of aliphatic hydroxyl groups excluding tert-OH is 1. The van der Waals surface area contributed by atoms with E-state index in [1.54, 1.807) is 6.92 Å². The molecule has 2 bridgehead atoms. The van der Waals surface area contributed by atoms with Crippen molar-refractivity contribution in [2.45, 2.75) is 109 Å². The molecular weight excluding hydrogens is 411 g/mol. The quantitative estimate of drug-likeness (QED) is 0.196. The Kier molecular flexibility index (Phi) is 11.2. The van der Waals surface area contributed by atoms with Gasteiger partial charge in [-0.25, -0.2) is 0 Å². The molecular formula is C28H43BO4. The lowest BCUT2D eigenvalue weighted by molar-refractivity contribution is -0.117. The first-order valence-electron chi connectivity index (χ1n) is 13.2. The van der Waals surface area contributed by atoms with Crippen LogP contribution in [-0.2, 0) is 20.5 Å². The zero-order valence-corrected chi connectivity index (χ0v) is 20.7. The zero-order chi connectivity index (χ0) is 23.5. The van der Waals surface area contributed by atoms with E-state index in [0.717, 1.165) is 70.5 Å². The highest BCUT2D eigenvalue weighted by Crippen LogP contribution is 2.45. The fraction of sp³-hybridized carbons (Fsp3) is 0.679. The SMILES string of the molecule is CCCCB1O[C@H]2C[C@@H](O1)[C@H](CC[C@@H](O)CCc1ccccc1)[C@H]2C/C=C\CCCC(C)=O. The molecule has 1 aromatic carbocycles. The normalized spacial score (nSPS) is 25.6.